The van der Waals surface area contributed by atoms with Gasteiger partial charge in [-0.2, -0.15) is 0 Å². The second-order valence-corrected chi connectivity index (χ2v) is 3.49. The van der Waals surface area contributed by atoms with Crippen molar-refractivity contribution in [2.45, 2.75) is 20.4 Å². The Balaban J connectivity index is 2.83. The lowest BCUT2D eigenvalue weighted by molar-refractivity contribution is -0.121. The van der Waals surface area contributed by atoms with Crippen LogP contribution in [0.5, 0.6) is 0 Å². The van der Waals surface area contributed by atoms with Crippen molar-refractivity contribution in [1.82, 2.24) is 4.57 Å². The molecule has 0 aliphatic carbocycles. The molecule has 0 spiro atoms. The number of carbonyl (C=O) groups is 1. The fourth-order valence-electron chi connectivity index (χ4n) is 1.17. The van der Waals surface area contributed by atoms with Gasteiger partial charge in [0.05, 0.1) is 5.92 Å². The van der Waals surface area contributed by atoms with E-state index >= 15 is 0 Å². The Hall–Kier alpha value is -1.58. The highest BCUT2D eigenvalue weighted by Crippen LogP contribution is 1.99. The molecule has 1 aromatic heterocycles. The number of pyridine rings is 1. The molecule has 0 radical (unpaired) electrons. The van der Waals surface area contributed by atoms with Gasteiger partial charge < -0.3 is 10.3 Å². The molecule has 1 amide bonds. The first-order valence-electron chi connectivity index (χ1n) is 4.46. The maximum Gasteiger partial charge on any atom is 0.222 e. The molecule has 1 rings (SSSR count). The van der Waals surface area contributed by atoms with Crippen LogP contribution in [-0.4, -0.2) is 10.5 Å². The lowest BCUT2D eigenvalue weighted by Gasteiger charge is -2.10. The Morgan fingerprint density at radius 3 is 2.79 bits per heavy atom. The second-order valence-electron chi connectivity index (χ2n) is 3.49. The van der Waals surface area contributed by atoms with Gasteiger partial charge in [-0.15, -0.1) is 0 Å². The van der Waals surface area contributed by atoms with Crippen LogP contribution in [0.2, 0.25) is 0 Å². The largest absolute Gasteiger partial charge is 0.369 e. The first-order chi connectivity index (χ1) is 6.50. The zero-order valence-corrected chi connectivity index (χ0v) is 8.36. The van der Waals surface area contributed by atoms with E-state index in [1.807, 2.05) is 0 Å². The fourth-order valence-corrected chi connectivity index (χ4v) is 1.17. The normalized spacial score (nSPS) is 12.4. The van der Waals surface area contributed by atoms with Crippen LogP contribution in [-0.2, 0) is 11.3 Å². The molecule has 1 heterocycles. The molecule has 4 heteroatoms. The Morgan fingerprint density at radius 1 is 1.64 bits per heavy atom. The molecule has 1 unspecified atom stereocenters. The summed E-state index contributed by atoms with van der Waals surface area (Å²) >= 11 is 0. The highest BCUT2D eigenvalue weighted by Gasteiger charge is 2.08. The average Bonchev–Trinajstić information content (AvgIpc) is 2.11. The number of nitrogens with zero attached hydrogens (tertiary/aromatic N) is 1. The summed E-state index contributed by atoms with van der Waals surface area (Å²) in [5.74, 6) is -0.557. The fraction of sp³-hybridized carbons (Fsp3) is 0.400. The number of aryl methyl sites for hydroxylation is 1. The van der Waals surface area contributed by atoms with Crippen LogP contribution >= 0.6 is 0 Å². The van der Waals surface area contributed by atoms with Gasteiger partial charge in [-0.1, -0.05) is 6.92 Å². The molecule has 76 valence electrons. The van der Waals surface area contributed by atoms with Crippen molar-refractivity contribution in [3.63, 3.8) is 0 Å². The molecule has 0 saturated carbocycles. The molecular formula is C10H14N2O2. The van der Waals surface area contributed by atoms with Gasteiger partial charge in [0.1, 0.15) is 0 Å². The highest BCUT2D eigenvalue weighted by atomic mass is 16.1. The minimum absolute atomic E-state index is 0.00739. The molecule has 0 fully saturated rings. The lowest BCUT2D eigenvalue weighted by Crippen LogP contribution is -2.25. The van der Waals surface area contributed by atoms with Crippen molar-refractivity contribution in [2.24, 2.45) is 11.7 Å². The van der Waals surface area contributed by atoms with Gasteiger partial charge in [0, 0.05) is 30.6 Å². The van der Waals surface area contributed by atoms with E-state index in [1.165, 1.54) is 6.07 Å². The van der Waals surface area contributed by atoms with Crippen LogP contribution in [0.4, 0.5) is 0 Å². The van der Waals surface area contributed by atoms with E-state index in [9.17, 15) is 9.59 Å². The maximum absolute atomic E-state index is 11.1. The molecule has 0 aliphatic rings. The standard InChI is InChI=1S/C10H14N2O2/c1-7-5-12(4-3-9(7)13)6-8(2)10(11)14/h3-5,8H,6H2,1-2H3,(H2,11,14). The van der Waals surface area contributed by atoms with Crippen LogP contribution in [0.1, 0.15) is 12.5 Å². The number of primary amides is 1. The minimum Gasteiger partial charge on any atom is -0.369 e. The van der Waals surface area contributed by atoms with Gasteiger partial charge in [0.15, 0.2) is 5.43 Å². The van der Waals surface area contributed by atoms with E-state index < -0.39 is 0 Å². The molecule has 4 nitrogen and oxygen atoms in total. The summed E-state index contributed by atoms with van der Waals surface area (Å²) in [7, 11) is 0. The van der Waals surface area contributed by atoms with Gasteiger partial charge in [-0.05, 0) is 6.92 Å². The molecule has 0 aliphatic heterocycles. The van der Waals surface area contributed by atoms with Crippen molar-refractivity contribution in [3.05, 3.63) is 34.2 Å². The number of carbonyl (C=O) groups excluding carboxylic acids is 1. The number of hydrogen-bond donors (Lipinski definition) is 1. The smallest absolute Gasteiger partial charge is 0.222 e. The molecular weight excluding hydrogens is 180 g/mol. The predicted octanol–water partition coefficient (Wildman–Crippen LogP) is 0.278. The minimum atomic E-state index is -0.332. The third-order valence-corrected chi connectivity index (χ3v) is 2.14. The zero-order chi connectivity index (χ0) is 10.7. The zero-order valence-electron chi connectivity index (χ0n) is 8.36. The number of hydrogen-bond acceptors (Lipinski definition) is 2. The third-order valence-electron chi connectivity index (χ3n) is 2.14. The van der Waals surface area contributed by atoms with Crippen LogP contribution in [0.25, 0.3) is 0 Å². The van der Waals surface area contributed by atoms with Crippen molar-refractivity contribution in [2.75, 3.05) is 0 Å². The van der Waals surface area contributed by atoms with Crippen LogP contribution < -0.4 is 11.2 Å². The summed E-state index contributed by atoms with van der Waals surface area (Å²) in [4.78, 5) is 21.9. The average molecular weight is 194 g/mol. The molecule has 1 atom stereocenters. The van der Waals surface area contributed by atoms with Crippen molar-refractivity contribution in [3.8, 4) is 0 Å². The molecule has 0 aromatic carbocycles. The molecule has 14 heavy (non-hydrogen) atoms. The Morgan fingerprint density at radius 2 is 2.29 bits per heavy atom. The Labute approximate surface area is 82.3 Å². The van der Waals surface area contributed by atoms with E-state index in [0.29, 0.717) is 12.1 Å². The summed E-state index contributed by atoms with van der Waals surface area (Å²) in [6.07, 6.45) is 3.39. The van der Waals surface area contributed by atoms with E-state index in [4.69, 9.17) is 5.73 Å². The second kappa shape index (κ2) is 4.09. The van der Waals surface area contributed by atoms with Gasteiger partial charge >= 0.3 is 0 Å². The first-order valence-corrected chi connectivity index (χ1v) is 4.46. The van der Waals surface area contributed by atoms with Gasteiger partial charge in [-0.3, -0.25) is 9.59 Å². The van der Waals surface area contributed by atoms with E-state index in [1.54, 1.807) is 30.8 Å². The first kappa shape index (κ1) is 10.5. The SMILES string of the molecule is Cc1cn(CC(C)C(N)=O)ccc1=O. The van der Waals surface area contributed by atoms with Crippen molar-refractivity contribution < 1.29 is 4.79 Å². The third kappa shape index (κ3) is 2.45. The molecule has 1 aromatic rings. The van der Waals surface area contributed by atoms with Crippen LogP contribution in [0.15, 0.2) is 23.3 Å². The van der Waals surface area contributed by atoms with E-state index in [2.05, 4.69) is 0 Å². The molecule has 0 bridgehead atoms. The van der Waals surface area contributed by atoms with E-state index in [-0.39, 0.29) is 17.3 Å². The summed E-state index contributed by atoms with van der Waals surface area (Å²) < 4.78 is 1.80. The Bertz CT molecular complexity index is 395. The number of nitrogens with two attached hydrogens (primary N) is 1. The topological polar surface area (TPSA) is 65.1 Å². The van der Waals surface area contributed by atoms with Crippen LogP contribution in [0, 0.1) is 12.8 Å². The van der Waals surface area contributed by atoms with Crippen LogP contribution in [0.3, 0.4) is 0 Å². The number of rotatable bonds is 3. The Kier molecular flexibility index (Phi) is 3.06. The van der Waals surface area contributed by atoms with Gasteiger partial charge in [-0.25, -0.2) is 0 Å². The van der Waals surface area contributed by atoms with Crippen molar-refractivity contribution >= 4 is 5.91 Å². The van der Waals surface area contributed by atoms with Crippen molar-refractivity contribution in [1.29, 1.82) is 0 Å². The molecule has 2 N–H and O–H groups in total. The summed E-state index contributed by atoms with van der Waals surface area (Å²) in [6, 6.07) is 1.49. The van der Waals surface area contributed by atoms with Gasteiger partial charge in [0.2, 0.25) is 5.91 Å². The monoisotopic (exact) mass is 194 g/mol. The quantitative estimate of drug-likeness (QED) is 0.751. The summed E-state index contributed by atoms with van der Waals surface area (Å²) in [6.45, 7) is 4.01. The number of amides is 1. The molecule has 0 saturated heterocycles. The highest BCUT2D eigenvalue weighted by molar-refractivity contribution is 5.76. The van der Waals surface area contributed by atoms with Gasteiger partial charge in [0.25, 0.3) is 0 Å². The predicted molar refractivity (Wildman–Crippen MR) is 53.8 cm³/mol. The summed E-state index contributed by atoms with van der Waals surface area (Å²) in [5.41, 5.74) is 5.82. The number of aromatic nitrogens is 1. The lowest BCUT2D eigenvalue weighted by atomic mass is 10.1. The summed E-state index contributed by atoms with van der Waals surface area (Å²) in [5, 5.41) is 0. The van der Waals surface area contributed by atoms with E-state index in [0.717, 1.165) is 0 Å². The maximum atomic E-state index is 11.1.